The van der Waals surface area contributed by atoms with Crippen molar-refractivity contribution in [3.05, 3.63) is 29.5 Å². The van der Waals surface area contributed by atoms with Crippen LogP contribution in [0.5, 0.6) is 0 Å². The Labute approximate surface area is 121 Å². The van der Waals surface area contributed by atoms with Gasteiger partial charge in [0.15, 0.2) is 0 Å². The van der Waals surface area contributed by atoms with Crippen molar-refractivity contribution in [1.29, 1.82) is 0 Å². The lowest BCUT2D eigenvalue weighted by Crippen LogP contribution is -2.28. The molecule has 1 atom stereocenters. The first-order valence-electron chi connectivity index (χ1n) is 6.19. The van der Waals surface area contributed by atoms with E-state index in [1.165, 1.54) is 11.0 Å². The molecule has 0 radical (unpaired) electrons. The SMILES string of the molecule is CCC(CN)C(=O)Nc1cc(-n2cnnn2)ccc1Cl. The lowest BCUT2D eigenvalue weighted by Gasteiger charge is -2.14. The Morgan fingerprint density at radius 2 is 2.35 bits per heavy atom. The van der Waals surface area contributed by atoms with Gasteiger partial charge < -0.3 is 11.1 Å². The van der Waals surface area contributed by atoms with E-state index in [0.717, 1.165) is 0 Å². The molecule has 8 heteroatoms. The number of rotatable bonds is 5. The highest BCUT2D eigenvalue weighted by atomic mass is 35.5. The van der Waals surface area contributed by atoms with Crippen LogP contribution in [0.15, 0.2) is 24.5 Å². The molecule has 0 saturated heterocycles. The van der Waals surface area contributed by atoms with Gasteiger partial charge in [-0.3, -0.25) is 4.79 Å². The molecule has 0 aliphatic rings. The number of benzene rings is 1. The van der Waals surface area contributed by atoms with Crippen LogP contribution in [0.3, 0.4) is 0 Å². The van der Waals surface area contributed by atoms with E-state index in [1.807, 2.05) is 6.92 Å². The van der Waals surface area contributed by atoms with E-state index in [1.54, 1.807) is 18.2 Å². The molecule has 1 amide bonds. The predicted octanol–water partition coefficient (Wildman–Crippen LogP) is 1.24. The minimum Gasteiger partial charge on any atom is -0.330 e. The van der Waals surface area contributed by atoms with Crippen LogP contribution < -0.4 is 11.1 Å². The van der Waals surface area contributed by atoms with Gasteiger partial charge >= 0.3 is 0 Å². The number of amides is 1. The average Bonchev–Trinajstić information content (AvgIpc) is 2.96. The molecule has 2 aromatic rings. The quantitative estimate of drug-likeness (QED) is 0.864. The van der Waals surface area contributed by atoms with Gasteiger partial charge in [0.05, 0.1) is 22.3 Å². The van der Waals surface area contributed by atoms with Crippen molar-refractivity contribution in [2.75, 3.05) is 11.9 Å². The lowest BCUT2D eigenvalue weighted by molar-refractivity contribution is -0.119. The fourth-order valence-corrected chi connectivity index (χ4v) is 1.89. The molecule has 3 N–H and O–H groups in total. The number of aromatic nitrogens is 4. The van der Waals surface area contributed by atoms with E-state index in [9.17, 15) is 4.79 Å². The van der Waals surface area contributed by atoms with Crippen molar-refractivity contribution in [2.24, 2.45) is 11.7 Å². The minimum atomic E-state index is -0.234. The Kier molecular flexibility index (Phi) is 4.65. The molecular weight excluding hydrogens is 280 g/mol. The normalized spacial score (nSPS) is 12.2. The van der Waals surface area contributed by atoms with Gasteiger partial charge in [-0.25, -0.2) is 4.68 Å². The molecule has 0 aliphatic heterocycles. The summed E-state index contributed by atoms with van der Waals surface area (Å²) >= 11 is 6.09. The molecular formula is C12H15ClN6O. The number of anilines is 1. The number of nitrogens with zero attached hydrogens (tertiary/aromatic N) is 4. The second-order valence-corrected chi connectivity index (χ2v) is 4.66. The summed E-state index contributed by atoms with van der Waals surface area (Å²) in [7, 11) is 0. The third kappa shape index (κ3) is 3.12. The van der Waals surface area contributed by atoms with Crippen LogP contribution in [0.25, 0.3) is 5.69 Å². The second kappa shape index (κ2) is 6.44. The maximum absolute atomic E-state index is 12.0. The van der Waals surface area contributed by atoms with Crippen molar-refractivity contribution in [3.63, 3.8) is 0 Å². The predicted molar refractivity (Wildman–Crippen MR) is 75.6 cm³/mol. The maximum Gasteiger partial charge on any atom is 0.228 e. The number of nitrogens with one attached hydrogen (secondary N) is 1. The fraction of sp³-hybridized carbons (Fsp3) is 0.333. The smallest absolute Gasteiger partial charge is 0.228 e. The molecule has 7 nitrogen and oxygen atoms in total. The van der Waals surface area contributed by atoms with Crippen LogP contribution in [0.1, 0.15) is 13.3 Å². The van der Waals surface area contributed by atoms with Gasteiger partial charge in [0.1, 0.15) is 6.33 Å². The highest BCUT2D eigenvalue weighted by Crippen LogP contribution is 2.25. The minimum absolute atomic E-state index is 0.147. The summed E-state index contributed by atoms with van der Waals surface area (Å²) in [4.78, 5) is 12.0. The molecule has 0 spiro atoms. The summed E-state index contributed by atoms with van der Waals surface area (Å²) in [6.07, 6.45) is 2.14. The lowest BCUT2D eigenvalue weighted by atomic mass is 10.1. The number of tetrazole rings is 1. The third-order valence-corrected chi connectivity index (χ3v) is 3.30. The number of nitrogens with two attached hydrogens (primary N) is 1. The summed E-state index contributed by atoms with van der Waals surface area (Å²) < 4.78 is 1.48. The molecule has 1 unspecified atom stereocenters. The van der Waals surface area contributed by atoms with Crippen LogP contribution in [0, 0.1) is 5.92 Å². The number of hydrogen-bond acceptors (Lipinski definition) is 5. The average molecular weight is 295 g/mol. The van der Waals surface area contributed by atoms with Gasteiger partial charge in [0.25, 0.3) is 0 Å². The molecule has 0 fully saturated rings. The summed E-state index contributed by atoms with van der Waals surface area (Å²) in [5.41, 5.74) is 6.77. The van der Waals surface area contributed by atoms with Gasteiger partial charge in [0.2, 0.25) is 5.91 Å². The van der Waals surface area contributed by atoms with Crippen molar-refractivity contribution < 1.29 is 4.79 Å². The first kappa shape index (κ1) is 14.4. The van der Waals surface area contributed by atoms with Gasteiger partial charge in [-0.15, -0.1) is 5.10 Å². The largest absolute Gasteiger partial charge is 0.330 e. The molecule has 106 valence electrons. The zero-order chi connectivity index (χ0) is 14.5. The zero-order valence-electron chi connectivity index (χ0n) is 11.0. The Morgan fingerprint density at radius 1 is 1.55 bits per heavy atom. The topological polar surface area (TPSA) is 98.7 Å². The van der Waals surface area contributed by atoms with E-state index in [0.29, 0.717) is 29.4 Å². The Bertz CT molecular complexity index is 582. The summed E-state index contributed by atoms with van der Waals surface area (Å²) in [5, 5.41) is 14.1. The molecule has 2 rings (SSSR count). The third-order valence-electron chi connectivity index (χ3n) is 2.97. The molecule has 0 bridgehead atoms. The number of carbonyl (C=O) groups excluding carboxylic acids is 1. The van der Waals surface area contributed by atoms with Gasteiger partial charge in [-0.2, -0.15) is 0 Å². The molecule has 1 heterocycles. The highest BCUT2D eigenvalue weighted by molar-refractivity contribution is 6.33. The number of halogens is 1. The second-order valence-electron chi connectivity index (χ2n) is 4.25. The van der Waals surface area contributed by atoms with Crippen LogP contribution in [0.2, 0.25) is 5.02 Å². The van der Waals surface area contributed by atoms with Crippen molar-refractivity contribution in [1.82, 2.24) is 20.2 Å². The van der Waals surface area contributed by atoms with E-state index in [-0.39, 0.29) is 11.8 Å². The Balaban J connectivity index is 2.23. The number of carbonyl (C=O) groups is 1. The van der Waals surface area contributed by atoms with Crippen molar-refractivity contribution in [3.8, 4) is 5.69 Å². The number of hydrogen-bond donors (Lipinski definition) is 2. The molecule has 0 aliphatic carbocycles. The summed E-state index contributed by atoms with van der Waals surface area (Å²) in [5.74, 6) is -0.381. The fourth-order valence-electron chi connectivity index (χ4n) is 1.73. The van der Waals surface area contributed by atoms with Gasteiger partial charge in [-0.1, -0.05) is 18.5 Å². The monoisotopic (exact) mass is 294 g/mol. The molecule has 20 heavy (non-hydrogen) atoms. The molecule has 1 aromatic carbocycles. The highest BCUT2D eigenvalue weighted by Gasteiger charge is 2.16. The first-order valence-corrected chi connectivity index (χ1v) is 6.57. The van der Waals surface area contributed by atoms with Crippen LogP contribution in [-0.4, -0.2) is 32.7 Å². The summed E-state index contributed by atoms with van der Waals surface area (Å²) in [6.45, 7) is 2.21. The van der Waals surface area contributed by atoms with Crippen LogP contribution in [0.4, 0.5) is 5.69 Å². The van der Waals surface area contributed by atoms with Crippen molar-refractivity contribution in [2.45, 2.75) is 13.3 Å². The Morgan fingerprint density at radius 3 is 2.95 bits per heavy atom. The zero-order valence-corrected chi connectivity index (χ0v) is 11.7. The van der Waals surface area contributed by atoms with Gasteiger partial charge in [-0.05, 0) is 35.0 Å². The van der Waals surface area contributed by atoms with E-state index < -0.39 is 0 Å². The maximum atomic E-state index is 12.0. The molecule has 0 saturated carbocycles. The Hall–Kier alpha value is -1.99. The van der Waals surface area contributed by atoms with Crippen LogP contribution in [-0.2, 0) is 4.79 Å². The van der Waals surface area contributed by atoms with E-state index in [2.05, 4.69) is 20.8 Å². The summed E-state index contributed by atoms with van der Waals surface area (Å²) in [6, 6.07) is 5.14. The van der Waals surface area contributed by atoms with Crippen molar-refractivity contribution >= 4 is 23.2 Å². The van der Waals surface area contributed by atoms with E-state index >= 15 is 0 Å². The standard InChI is InChI=1S/C12H15ClN6O/c1-2-8(6-14)12(20)16-11-5-9(3-4-10(11)13)19-7-15-17-18-19/h3-5,7-8H,2,6,14H2,1H3,(H,16,20). The van der Waals surface area contributed by atoms with E-state index in [4.69, 9.17) is 17.3 Å². The molecule has 1 aromatic heterocycles. The van der Waals surface area contributed by atoms with Gasteiger partial charge in [0, 0.05) is 6.54 Å². The first-order chi connectivity index (χ1) is 9.65. The van der Waals surface area contributed by atoms with Crippen LogP contribution >= 0.6 is 11.6 Å².